The molecule has 0 amide bonds. The van der Waals surface area contributed by atoms with Crippen LogP contribution in [0, 0.1) is 5.41 Å². The molecule has 0 saturated heterocycles. The van der Waals surface area contributed by atoms with E-state index in [4.69, 9.17) is 15.9 Å². The largest absolute Gasteiger partial charge is 0.438 e. The van der Waals surface area contributed by atoms with E-state index in [0.29, 0.717) is 11.4 Å². The van der Waals surface area contributed by atoms with E-state index in [1.165, 1.54) is 0 Å². The van der Waals surface area contributed by atoms with Crippen molar-refractivity contribution in [2.24, 2.45) is 5.73 Å². The first-order chi connectivity index (χ1) is 9.39. The number of para-hydroxylation sites is 1. The summed E-state index contributed by atoms with van der Waals surface area (Å²) >= 11 is 0. The Morgan fingerprint density at radius 1 is 1.15 bits per heavy atom. The molecule has 1 aromatic heterocycles. The smallest absolute Gasteiger partial charge is 0.230 e. The van der Waals surface area contributed by atoms with Crippen LogP contribution in [0.3, 0.4) is 0 Å². The standard InChI is InChI=1S/C16H19N3O/c1-16(2,3)12-8-4-5-9-13(12)20-15-11(14(17)18)7-6-10-19-15/h4-10H,1-3H3,(H3,17,18). The van der Waals surface area contributed by atoms with Crippen LogP contribution in [-0.4, -0.2) is 10.8 Å². The Bertz CT molecular complexity index is 630. The lowest BCUT2D eigenvalue weighted by atomic mass is 9.86. The molecule has 104 valence electrons. The third-order valence-electron chi connectivity index (χ3n) is 2.96. The average Bonchev–Trinajstić information content (AvgIpc) is 2.38. The van der Waals surface area contributed by atoms with Gasteiger partial charge >= 0.3 is 0 Å². The van der Waals surface area contributed by atoms with E-state index in [-0.39, 0.29) is 11.3 Å². The van der Waals surface area contributed by atoms with Crippen LogP contribution in [-0.2, 0) is 5.41 Å². The van der Waals surface area contributed by atoms with Gasteiger partial charge in [-0.2, -0.15) is 0 Å². The fourth-order valence-electron chi connectivity index (χ4n) is 1.96. The van der Waals surface area contributed by atoms with Gasteiger partial charge < -0.3 is 10.5 Å². The molecule has 0 bridgehead atoms. The lowest BCUT2D eigenvalue weighted by molar-refractivity contribution is 0.439. The van der Waals surface area contributed by atoms with Gasteiger partial charge in [0.05, 0.1) is 5.56 Å². The number of amidine groups is 1. The maximum atomic E-state index is 7.58. The van der Waals surface area contributed by atoms with Crippen molar-refractivity contribution >= 4 is 5.84 Å². The number of ether oxygens (including phenoxy) is 1. The van der Waals surface area contributed by atoms with Crippen molar-refractivity contribution in [3.05, 3.63) is 53.7 Å². The molecule has 0 spiro atoms. The molecular formula is C16H19N3O. The van der Waals surface area contributed by atoms with E-state index in [2.05, 4.69) is 25.8 Å². The van der Waals surface area contributed by atoms with Gasteiger partial charge in [-0.1, -0.05) is 39.0 Å². The summed E-state index contributed by atoms with van der Waals surface area (Å²) < 4.78 is 5.90. The summed E-state index contributed by atoms with van der Waals surface area (Å²) in [6.45, 7) is 6.37. The zero-order chi connectivity index (χ0) is 14.8. The predicted octanol–water partition coefficient (Wildman–Crippen LogP) is 3.46. The Labute approximate surface area is 119 Å². The summed E-state index contributed by atoms with van der Waals surface area (Å²) in [6.07, 6.45) is 1.63. The van der Waals surface area contributed by atoms with Crippen LogP contribution < -0.4 is 10.5 Å². The number of nitrogen functional groups attached to an aromatic ring is 1. The van der Waals surface area contributed by atoms with E-state index >= 15 is 0 Å². The third kappa shape index (κ3) is 2.96. The summed E-state index contributed by atoms with van der Waals surface area (Å²) in [5.74, 6) is 1.04. The Morgan fingerprint density at radius 2 is 1.85 bits per heavy atom. The highest BCUT2D eigenvalue weighted by Gasteiger charge is 2.20. The van der Waals surface area contributed by atoms with E-state index in [1.54, 1.807) is 18.3 Å². The Hall–Kier alpha value is -2.36. The molecule has 1 heterocycles. The molecule has 2 rings (SSSR count). The highest BCUT2D eigenvalue weighted by Crippen LogP contribution is 2.34. The Kier molecular flexibility index (Phi) is 3.74. The van der Waals surface area contributed by atoms with Crippen molar-refractivity contribution in [3.63, 3.8) is 0 Å². The van der Waals surface area contributed by atoms with Crippen LogP contribution in [0.15, 0.2) is 42.6 Å². The number of pyridine rings is 1. The summed E-state index contributed by atoms with van der Waals surface area (Å²) in [5, 5.41) is 7.58. The second-order valence-electron chi connectivity index (χ2n) is 5.62. The second-order valence-corrected chi connectivity index (χ2v) is 5.62. The molecule has 0 saturated carbocycles. The lowest BCUT2D eigenvalue weighted by Crippen LogP contribution is -2.15. The molecular weight excluding hydrogens is 250 g/mol. The fourth-order valence-corrected chi connectivity index (χ4v) is 1.96. The van der Waals surface area contributed by atoms with Gasteiger partial charge in [-0.05, 0) is 23.6 Å². The molecule has 1 aromatic carbocycles. The molecule has 4 heteroatoms. The van der Waals surface area contributed by atoms with Crippen LogP contribution in [0.1, 0.15) is 31.9 Å². The molecule has 3 N–H and O–H groups in total. The Balaban J connectivity index is 2.44. The molecule has 0 aliphatic carbocycles. The molecule has 20 heavy (non-hydrogen) atoms. The quantitative estimate of drug-likeness (QED) is 0.662. The van der Waals surface area contributed by atoms with Gasteiger partial charge in [0.15, 0.2) is 0 Å². The van der Waals surface area contributed by atoms with Crippen molar-refractivity contribution in [2.45, 2.75) is 26.2 Å². The number of rotatable bonds is 3. The molecule has 0 aliphatic rings. The van der Waals surface area contributed by atoms with Gasteiger partial charge in [0.25, 0.3) is 0 Å². The molecule has 4 nitrogen and oxygen atoms in total. The minimum Gasteiger partial charge on any atom is -0.438 e. The zero-order valence-corrected chi connectivity index (χ0v) is 12.0. The van der Waals surface area contributed by atoms with Crippen molar-refractivity contribution in [3.8, 4) is 11.6 Å². The van der Waals surface area contributed by atoms with Crippen LogP contribution in [0.2, 0.25) is 0 Å². The van der Waals surface area contributed by atoms with Gasteiger partial charge in [-0.15, -0.1) is 0 Å². The maximum absolute atomic E-state index is 7.58. The number of aromatic nitrogens is 1. The normalized spacial score (nSPS) is 11.2. The molecule has 0 radical (unpaired) electrons. The summed E-state index contributed by atoms with van der Waals surface area (Å²) in [6, 6.07) is 11.3. The molecule has 0 aliphatic heterocycles. The number of nitrogens with zero attached hydrogens (tertiary/aromatic N) is 1. The van der Waals surface area contributed by atoms with Gasteiger partial charge in [0.1, 0.15) is 11.6 Å². The summed E-state index contributed by atoms with van der Waals surface area (Å²) in [4.78, 5) is 4.18. The molecule has 0 atom stereocenters. The first-order valence-electron chi connectivity index (χ1n) is 6.46. The fraction of sp³-hybridized carbons (Fsp3) is 0.250. The third-order valence-corrected chi connectivity index (χ3v) is 2.96. The van der Waals surface area contributed by atoms with Crippen molar-refractivity contribution in [2.75, 3.05) is 0 Å². The number of nitrogens with two attached hydrogens (primary N) is 1. The number of nitrogens with one attached hydrogen (secondary N) is 1. The van der Waals surface area contributed by atoms with Crippen LogP contribution in [0.5, 0.6) is 11.6 Å². The Morgan fingerprint density at radius 3 is 2.50 bits per heavy atom. The SMILES string of the molecule is CC(C)(C)c1ccccc1Oc1ncccc1C(=N)N. The highest BCUT2D eigenvalue weighted by atomic mass is 16.5. The summed E-state index contributed by atoms with van der Waals surface area (Å²) in [7, 11) is 0. The van der Waals surface area contributed by atoms with Gasteiger partial charge in [-0.3, -0.25) is 5.41 Å². The number of hydrogen-bond donors (Lipinski definition) is 2. The van der Waals surface area contributed by atoms with Crippen LogP contribution in [0.4, 0.5) is 0 Å². The zero-order valence-electron chi connectivity index (χ0n) is 12.0. The average molecular weight is 269 g/mol. The summed E-state index contributed by atoms with van der Waals surface area (Å²) in [5.41, 5.74) is 7.10. The minimum absolute atomic E-state index is 0.0399. The predicted molar refractivity (Wildman–Crippen MR) is 80.5 cm³/mol. The minimum atomic E-state index is -0.0543. The maximum Gasteiger partial charge on any atom is 0.230 e. The van der Waals surface area contributed by atoms with E-state index < -0.39 is 0 Å². The van der Waals surface area contributed by atoms with Gasteiger partial charge in [0.2, 0.25) is 5.88 Å². The van der Waals surface area contributed by atoms with Crippen LogP contribution in [0.25, 0.3) is 0 Å². The lowest BCUT2D eigenvalue weighted by Gasteiger charge is -2.22. The first kappa shape index (κ1) is 14.1. The van der Waals surface area contributed by atoms with Crippen LogP contribution >= 0.6 is 0 Å². The van der Waals surface area contributed by atoms with Crippen molar-refractivity contribution < 1.29 is 4.74 Å². The van der Waals surface area contributed by atoms with Gasteiger partial charge in [0, 0.05) is 11.8 Å². The van der Waals surface area contributed by atoms with Crippen molar-refractivity contribution in [1.29, 1.82) is 5.41 Å². The van der Waals surface area contributed by atoms with Gasteiger partial charge in [-0.25, -0.2) is 4.98 Å². The molecule has 0 fully saturated rings. The highest BCUT2D eigenvalue weighted by molar-refractivity contribution is 5.97. The monoisotopic (exact) mass is 269 g/mol. The second kappa shape index (κ2) is 5.33. The van der Waals surface area contributed by atoms with E-state index in [0.717, 1.165) is 11.3 Å². The van der Waals surface area contributed by atoms with E-state index in [9.17, 15) is 0 Å². The van der Waals surface area contributed by atoms with Crippen molar-refractivity contribution in [1.82, 2.24) is 4.98 Å². The van der Waals surface area contributed by atoms with E-state index in [1.807, 2.05) is 24.3 Å². The topological polar surface area (TPSA) is 72.0 Å². The number of hydrogen-bond acceptors (Lipinski definition) is 3. The number of benzene rings is 1. The first-order valence-corrected chi connectivity index (χ1v) is 6.46. The molecule has 2 aromatic rings. The molecule has 0 unspecified atom stereocenters.